The Labute approximate surface area is 116 Å². The van der Waals surface area contributed by atoms with Crippen LogP contribution in [0, 0.1) is 0 Å². The normalized spacial score (nSPS) is 12.1. The van der Waals surface area contributed by atoms with Crippen molar-refractivity contribution >= 4 is 5.91 Å². The van der Waals surface area contributed by atoms with Gasteiger partial charge in [-0.2, -0.15) is 5.10 Å². The van der Waals surface area contributed by atoms with Crippen LogP contribution in [0.15, 0.2) is 36.5 Å². The Kier molecular flexibility index (Phi) is 4.37. The number of carbonyl (C=O) groups is 1. The summed E-state index contributed by atoms with van der Waals surface area (Å²) >= 11 is 0. The molecule has 1 unspecified atom stereocenters. The van der Waals surface area contributed by atoms with E-state index in [0.717, 1.165) is 5.69 Å². The minimum Gasteiger partial charge on any atom is -0.504 e. The van der Waals surface area contributed by atoms with E-state index in [4.69, 9.17) is 5.11 Å². The van der Waals surface area contributed by atoms with Gasteiger partial charge < -0.3 is 15.5 Å². The predicted molar refractivity (Wildman–Crippen MR) is 73.9 cm³/mol. The molecule has 0 aliphatic carbocycles. The third-order valence-electron chi connectivity index (χ3n) is 2.98. The Bertz CT molecular complexity index is 577. The van der Waals surface area contributed by atoms with Gasteiger partial charge in [0, 0.05) is 0 Å². The summed E-state index contributed by atoms with van der Waals surface area (Å²) in [6.07, 6.45) is 1.98. The van der Waals surface area contributed by atoms with Crippen LogP contribution in [-0.2, 0) is 0 Å². The van der Waals surface area contributed by atoms with E-state index in [1.807, 2.05) is 37.3 Å². The third kappa shape index (κ3) is 2.97. The number of rotatable bonds is 5. The first-order valence-corrected chi connectivity index (χ1v) is 6.41. The molecule has 20 heavy (non-hydrogen) atoms. The molecule has 0 aliphatic rings. The molecular formula is C14H17N3O3. The second-order valence-corrected chi connectivity index (χ2v) is 4.40. The van der Waals surface area contributed by atoms with Crippen molar-refractivity contribution in [3.63, 3.8) is 0 Å². The smallest absolute Gasteiger partial charge is 0.275 e. The number of carbonyl (C=O) groups excluding carboxylic acids is 1. The molecule has 3 N–H and O–H groups in total. The number of aliphatic hydroxyl groups excluding tert-OH is 1. The van der Waals surface area contributed by atoms with Gasteiger partial charge in [-0.3, -0.25) is 4.79 Å². The molecule has 2 rings (SSSR count). The number of benzene rings is 1. The molecule has 0 fully saturated rings. The van der Waals surface area contributed by atoms with Gasteiger partial charge in [0.1, 0.15) is 0 Å². The number of aromatic hydroxyl groups is 1. The fourth-order valence-electron chi connectivity index (χ4n) is 1.77. The van der Waals surface area contributed by atoms with Crippen molar-refractivity contribution in [3.05, 3.63) is 42.2 Å². The number of hydrogen-bond donors (Lipinski definition) is 3. The predicted octanol–water partition coefficient (Wildman–Crippen LogP) is 1.08. The van der Waals surface area contributed by atoms with E-state index >= 15 is 0 Å². The molecule has 0 saturated heterocycles. The zero-order valence-corrected chi connectivity index (χ0v) is 11.2. The summed E-state index contributed by atoms with van der Waals surface area (Å²) in [6.45, 7) is 1.70. The van der Waals surface area contributed by atoms with Crippen LogP contribution in [0.3, 0.4) is 0 Å². The van der Waals surface area contributed by atoms with E-state index < -0.39 is 5.91 Å². The SMILES string of the molecule is CCC(CO)NC(=O)c1nn(-c2ccccc2)cc1O. The van der Waals surface area contributed by atoms with E-state index in [-0.39, 0.29) is 24.1 Å². The topological polar surface area (TPSA) is 87.4 Å². The summed E-state index contributed by atoms with van der Waals surface area (Å²) < 4.78 is 1.43. The van der Waals surface area contributed by atoms with Gasteiger partial charge in [-0.1, -0.05) is 25.1 Å². The molecule has 2 aromatic rings. The van der Waals surface area contributed by atoms with Gasteiger partial charge >= 0.3 is 0 Å². The molecule has 0 saturated carbocycles. The Morgan fingerprint density at radius 1 is 1.40 bits per heavy atom. The molecule has 0 aliphatic heterocycles. The van der Waals surface area contributed by atoms with Crippen molar-refractivity contribution in [2.45, 2.75) is 19.4 Å². The molecule has 1 atom stereocenters. The monoisotopic (exact) mass is 275 g/mol. The van der Waals surface area contributed by atoms with Crippen LogP contribution in [0.1, 0.15) is 23.8 Å². The summed E-state index contributed by atoms with van der Waals surface area (Å²) in [5.41, 5.74) is 0.691. The number of nitrogens with one attached hydrogen (secondary N) is 1. The van der Waals surface area contributed by atoms with Crippen molar-refractivity contribution in [2.75, 3.05) is 6.61 Å². The van der Waals surface area contributed by atoms with E-state index in [0.29, 0.717) is 6.42 Å². The summed E-state index contributed by atoms with van der Waals surface area (Å²) in [4.78, 5) is 12.0. The van der Waals surface area contributed by atoms with E-state index in [2.05, 4.69) is 10.4 Å². The maximum absolute atomic E-state index is 12.0. The lowest BCUT2D eigenvalue weighted by Gasteiger charge is -2.12. The van der Waals surface area contributed by atoms with E-state index in [1.165, 1.54) is 10.9 Å². The van der Waals surface area contributed by atoms with E-state index in [9.17, 15) is 9.90 Å². The Balaban J connectivity index is 2.22. The highest BCUT2D eigenvalue weighted by Crippen LogP contribution is 2.18. The van der Waals surface area contributed by atoms with Crippen LogP contribution in [-0.4, -0.2) is 38.5 Å². The fraction of sp³-hybridized carbons (Fsp3) is 0.286. The molecule has 0 bridgehead atoms. The number of amides is 1. The highest BCUT2D eigenvalue weighted by atomic mass is 16.3. The number of nitrogens with zero attached hydrogens (tertiary/aromatic N) is 2. The molecule has 0 radical (unpaired) electrons. The minimum atomic E-state index is -0.502. The molecule has 6 nitrogen and oxygen atoms in total. The lowest BCUT2D eigenvalue weighted by atomic mass is 10.2. The molecule has 1 aromatic heterocycles. The Hall–Kier alpha value is -2.34. The maximum Gasteiger partial charge on any atom is 0.275 e. The van der Waals surface area contributed by atoms with Gasteiger partial charge in [0.15, 0.2) is 11.4 Å². The van der Waals surface area contributed by atoms with Crippen molar-refractivity contribution < 1.29 is 15.0 Å². The van der Waals surface area contributed by atoms with Crippen LogP contribution in [0.25, 0.3) is 5.69 Å². The number of hydrogen-bond acceptors (Lipinski definition) is 4. The third-order valence-corrected chi connectivity index (χ3v) is 2.98. The zero-order valence-electron chi connectivity index (χ0n) is 11.2. The van der Waals surface area contributed by atoms with Crippen molar-refractivity contribution in [1.82, 2.24) is 15.1 Å². The van der Waals surface area contributed by atoms with Crippen molar-refractivity contribution in [1.29, 1.82) is 0 Å². The van der Waals surface area contributed by atoms with Gasteiger partial charge in [-0.15, -0.1) is 0 Å². The Morgan fingerprint density at radius 2 is 2.10 bits per heavy atom. The fourth-order valence-corrected chi connectivity index (χ4v) is 1.77. The maximum atomic E-state index is 12.0. The average molecular weight is 275 g/mol. The molecular weight excluding hydrogens is 258 g/mol. The molecule has 106 valence electrons. The molecule has 0 spiro atoms. The van der Waals surface area contributed by atoms with Gasteiger partial charge in [-0.25, -0.2) is 4.68 Å². The lowest BCUT2D eigenvalue weighted by Crippen LogP contribution is -2.37. The largest absolute Gasteiger partial charge is 0.504 e. The van der Waals surface area contributed by atoms with Gasteiger partial charge in [0.25, 0.3) is 5.91 Å². The Morgan fingerprint density at radius 3 is 2.70 bits per heavy atom. The van der Waals surface area contributed by atoms with Gasteiger partial charge in [-0.05, 0) is 18.6 Å². The minimum absolute atomic E-state index is 0.0549. The van der Waals surface area contributed by atoms with Crippen molar-refractivity contribution in [2.24, 2.45) is 0 Å². The first-order valence-electron chi connectivity index (χ1n) is 6.41. The molecule has 1 aromatic carbocycles. The standard InChI is InChI=1S/C14H17N3O3/c1-2-10(9-18)15-14(20)13-12(19)8-17(16-13)11-6-4-3-5-7-11/h3-8,10,18-19H,2,9H2,1H3,(H,15,20). The number of aliphatic hydroxyl groups is 1. The quantitative estimate of drug-likeness (QED) is 0.762. The first-order chi connectivity index (χ1) is 9.65. The highest BCUT2D eigenvalue weighted by Gasteiger charge is 2.19. The highest BCUT2D eigenvalue weighted by molar-refractivity contribution is 5.95. The van der Waals surface area contributed by atoms with Crippen LogP contribution < -0.4 is 5.32 Å². The van der Waals surface area contributed by atoms with Crippen LogP contribution in [0.2, 0.25) is 0 Å². The average Bonchev–Trinajstić information content (AvgIpc) is 2.87. The lowest BCUT2D eigenvalue weighted by molar-refractivity contribution is 0.0907. The molecule has 6 heteroatoms. The summed E-state index contributed by atoms with van der Waals surface area (Å²) in [7, 11) is 0. The van der Waals surface area contributed by atoms with Gasteiger partial charge in [0.2, 0.25) is 0 Å². The second-order valence-electron chi connectivity index (χ2n) is 4.40. The summed E-state index contributed by atoms with van der Waals surface area (Å²) in [5, 5.41) is 25.6. The van der Waals surface area contributed by atoms with E-state index in [1.54, 1.807) is 0 Å². The molecule has 1 heterocycles. The summed E-state index contributed by atoms with van der Waals surface area (Å²) in [5.74, 6) is -0.697. The second kappa shape index (κ2) is 6.21. The van der Waals surface area contributed by atoms with Crippen LogP contribution in [0.4, 0.5) is 0 Å². The zero-order chi connectivity index (χ0) is 14.5. The molecule has 1 amide bonds. The first kappa shape index (κ1) is 14.1. The summed E-state index contributed by atoms with van der Waals surface area (Å²) in [6, 6.07) is 8.84. The van der Waals surface area contributed by atoms with Crippen molar-refractivity contribution in [3.8, 4) is 11.4 Å². The van der Waals surface area contributed by atoms with Crippen LogP contribution in [0.5, 0.6) is 5.75 Å². The van der Waals surface area contributed by atoms with Crippen LogP contribution >= 0.6 is 0 Å². The number of para-hydroxylation sites is 1. The number of aromatic nitrogens is 2. The van der Waals surface area contributed by atoms with Gasteiger partial charge in [0.05, 0.1) is 24.5 Å².